The van der Waals surface area contributed by atoms with Crippen molar-refractivity contribution in [3.63, 3.8) is 0 Å². The number of benzene rings is 1. The molecule has 2 heteroatoms. The Kier molecular flexibility index (Phi) is 2.13. The number of allylic oxidation sites excluding steroid dienone is 2. The number of hydrogen-bond acceptors (Lipinski definition) is 2. The molecular weight excluding hydrogens is 200 g/mol. The van der Waals surface area contributed by atoms with Crippen molar-refractivity contribution >= 4 is 5.97 Å². The molecule has 2 aliphatic rings. The molecule has 0 saturated heterocycles. The maximum absolute atomic E-state index is 11.5. The number of carbonyl (C=O) groups is 1. The first-order chi connectivity index (χ1) is 7.86. The second-order valence-corrected chi connectivity index (χ2v) is 4.10. The summed E-state index contributed by atoms with van der Waals surface area (Å²) in [5.41, 5.74) is 3.22. The summed E-state index contributed by atoms with van der Waals surface area (Å²) in [7, 11) is 0. The summed E-state index contributed by atoms with van der Waals surface area (Å²) in [6.45, 7) is 0.456. The molecule has 0 spiro atoms. The number of rotatable bonds is 1. The molecule has 1 aromatic rings. The fraction of sp³-hybridized carbons (Fsp3) is 0.214. The van der Waals surface area contributed by atoms with E-state index in [1.165, 1.54) is 5.56 Å². The third-order valence-corrected chi connectivity index (χ3v) is 3.18. The lowest BCUT2D eigenvalue weighted by molar-refractivity contribution is -0.136. The van der Waals surface area contributed by atoms with Crippen molar-refractivity contribution in [2.45, 2.75) is 12.3 Å². The van der Waals surface area contributed by atoms with Crippen LogP contribution in [0.25, 0.3) is 0 Å². The lowest BCUT2D eigenvalue weighted by atomic mass is 9.84. The first kappa shape index (κ1) is 9.40. The van der Waals surface area contributed by atoms with Crippen LogP contribution in [-0.2, 0) is 9.53 Å². The largest absolute Gasteiger partial charge is 0.458 e. The van der Waals surface area contributed by atoms with E-state index in [4.69, 9.17) is 4.74 Å². The Labute approximate surface area is 94.2 Å². The van der Waals surface area contributed by atoms with Crippen LogP contribution < -0.4 is 0 Å². The monoisotopic (exact) mass is 212 g/mol. The Bertz CT molecular complexity index is 483. The van der Waals surface area contributed by atoms with Crippen LogP contribution in [0.4, 0.5) is 0 Å². The van der Waals surface area contributed by atoms with Gasteiger partial charge in [-0.05, 0) is 17.6 Å². The average Bonchev–Trinajstić information content (AvgIpc) is 2.73. The highest BCUT2D eigenvalue weighted by Crippen LogP contribution is 2.36. The summed E-state index contributed by atoms with van der Waals surface area (Å²) >= 11 is 0. The second kappa shape index (κ2) is 3.63. The number of hydrogen-bond donors (Lipinski definition) is 0. The minimum Gasteiger partial charge on any atom is -0.458 e. The summed E-state index contributed by atoms with van der Waals surface area (Å²) in [5.74, 6) is 0.0803. The zero-order valence-electron chi connectivity index (χ0n) is 8.85. The standard InChI is InChI=1S/C14H12O2/c15-14-12-8-4-7-11(13(12)9-16-14)10-5-2-1-3-6-10/h1-7,11H,8-9H2. The zero-order chi connectivity index (χ0) is 11.0. The van der Waals surface area contributed by atoms with E-state index >= 15 is 0 Å². The van der Waals surface area contributed by atoms with Crippen LogP contribution in [0.5, 0.6) is 0 Å². The van der Waals surface area contributed by atoms with E-state index < -0.39 is 0 Å². The molecule has 1 unspecified atom stereocenters. The Morgan fingerprint density at radius 1 is 1.19 bits per heavy atom. The topological polar surface area (TPSA) is 26.3 Å². The smallest absolute Gasteiger partial charge is 0.334 e. The first-order valence-electron chi connectivity index (χ1n) is 5.47. The van der Waals surface area contributed by atoms with Crippen LogP contribution in [0.3, 0.4) is 0 Å². The summed E-state index contributed by atoms with van der Waals surface area (Å²) < 4.78 is 5.10. The van der Waals surface area contributed by atoms with Crippen molar-refractivity contribution in [1.29, 1.82) is 0 Å². The van der Waals surface area contributed by atoms with Gasteiger partial charge in [-0.25, -0.2) is 4.79 Å². The molecule has 1 atom stereocenters. The van der Waals surface area contributed by atoms with Gasteiger partial charge in [0, 0.05) is 11.5 Å². The van der Waals surface area contributed by atoms with Gasteiger partial charge >= 0.3 is 5.97 Å². The Hall–Kier alpha value is -1.83. The maximum atomic E-state index is 11.5. The lowest BCUT2D eigenvalue weighted by Gasteiger charge is -2.18. The van der Waals surface area contributed by atoms with Crippen molar-refractivity contribution in [2.75, 3.05) is 6.61 Å². The van der Waals surface area contributed by atoms with Crippen LogP contribution in [0.15, 0.2) is 53.6 Å². The van der Waals surface area contributed by atoms with Crippen LogP contribution in [0, 0.1) is 0 Å². The summed E-state index contributed by atoms with van der Waals surface area (Å²) in [4.78, 5) is 11.5. The third kappa shape index (κ3) is 1.38. The van der Waals surface area contributed by atoms with Gasteiger partial charge in [0.2, 0.25) is 0 Å². The minimum absolute atomic E-state index is 0.139. The number of carbonyl (C=O) groups excluding carboxylic acids is 1. The Morgan fingerprint density at radius 3 is 2.81 bits per heavy atom. The third-order valence-electron chi connectivity index (χ3n) is 3.18. The summed E-state index contributed by atoms with van der Waals surface area (Å²) in [5, 5.41) is 0. The molecule has 2 nitrogen and oxygen atoms in total. The van der Waals surface area contributed by atoms with Gasteiger partial charge in [-0.15, -0.1) is 0 Å². The minimum atomic E-state index is -0.139. The predicted octanol–water partition coefficient (Wildman–Crippen LogP) is 2.58. The second-order valence-electron chi connectivity index (χ2n) is 4.10. The van der Waals surface area contributed by atoms with E-state index in [-0.39, 0.29) is 11.9 Å². The highest BCUT2D eigenvalue weighted by molar-refractivity contribution is 5.93. The van der Waals surface area contributed by atoms with E-state index in [9.17, 15) is 4.79 Å². The molecule has 1 aliphatic heterocycles. The fourth-order valence-corrected chi connectivity index (χ4v) is 2.35. The van der Waals surface area contributed by atoms with Gasteiger partial charge in [-0.1, -0.05) is 42.5 Å². The van der Waals surface area contributed by atoms with Crippen LogP contribution in [0.2, 0.25) is 0 Å². The molecule has 3 rings (SSSR count). The van der Waals surface area contributed by atoms with Crippen molar-refractivity contribution < 1.29 is 9.53 Å². The van der Waals surface area contributed by atoms with Gasteiger partial charge in [0.05, 0.1) is 0 Å². The average molecular weight is 212 g/mol. The predicted molar refractivity (Wildman–Crippen MR) is 60.9 cm³/mol. The highest BCUT2D eigenvalue weighted by Gasteiger charge is 2.30. The van der Waals surface area contributed by atoms with E-state index in [1.54, 1.807) is 0 Å². The zero-order valence-corrected chi connectivity index (χ0v) is 8.85. The molecule has 16 heavy (non-hydrogen) atoms. The molecule has 0 N–H and O–H groups in total. The quantitative estimate of drug-likeness (QED) is 0.528. The van der Waals surface area contributed by atoms with Gasteiger partial charge in [-0.2, -0.15) is 0 Å². The SMILES string of the molecule is O=C1OCC2=C1CC=CC2c1ccccc1. The molecule has 1 aromatic carbocycles. The van der Waals surface area contributed by atoms with Crippen molar-refractivity contribution in [2.24, 2.45) is 0 Å². The lowest BCUT2D eigenvalue weighted by Crippen LogP contribution is -2.06. The molecule has 0 aromatic heterocycles. The Balaban J connectivity index is 2.03. The van der Waals surface area contributed by atoms with E-state index in [1.807, 2.05) is 18.2 Å². The molecule has 1 aliphatic carbocycles. The van der Waals surface area contributed by atoms with Gasteiger partial charge in [0.15, 0.2) is 0 Å². The maximum Gasteiger partial charge on any atom is 0.334 e. The van der Waals surface area contributed by atoms with Gasteiger partial charge < -0.3 is 4.74 Å². The van der Waals surface area contributed by atoms with Crippen LogP contribution >= 0.6 is 0 Å². The molecule has 0 radical (unpaired) electrons. The van der Waals surface area contributed by atoms with Crippen LogP contribution in [0.1, 0.15) is 17.9 Å². The van der Waals surface area contributed by atoms with E-state index in [0.717, 1.165) is 17.6 Å². The molecule has 1 heterocycles. The van der Waals surface area contributed by atoms with Crippen molar-refractivity contribution in [3.8, 4) is 0 Å². The molecule has 0 saturated carbocycles. The van der Waals surface area contributed by atoms with Crippen molar-refractivity contribution in [1.82, 2.24) is 0 Å². The van der Waals surface area contributed by atoms with Gasteiger partial charge in [0.1, 0.15) is 6.61 Å². The van der Waals surface area contributed by atoms with Gasteiger partial charge in [-0.3, -0.25) is 0 Å². The molecule has 0 amide bonds. The fourth-order valence-electron chi connectivity index (χ4n) is 2.35. The van der Waals surface area contributed by atoms with Gasteiger partial charge in [0.25, 0.3) is 0 Å². The molecule has 0 bridgehead atoms. The summed E-state index contributed by atoms with van der Waals surface area (Å²) in [6, 6.07) is 10.2. The normalized spacial score (nSPS) is 23.2. The van der Waals surface area contributed by atoms with E-state index in [2.05, 4.69) is 24.3 Å². The Morgan fingerprint density at radius 2 is 2.00 bits per heavy atom. The highest BCUT2D eigenvalue weighted by atomic mass is 16.5. The number of ether oxygens (including phenoxy) is 1. The van der Waals surface area contributed by atoms with Crippen LogP contribution in [-0.4, -0.2) is 12.6 Å². The summed E-state index contributed by atoms with van der Waals surface area (Å²) in [6.07, 6.45) is 4.94. The van der Waals surface area contributed by atoms with Crippen molar-refractivity contribution in [3.05, 3.63) is 59.2 Å². The van der Waals surface area contributed by atoms with E-state index in [0.29, 0.717) is 6.61 Å². The molecular formula is C14H12O2. The number of esters is 1. The number of cyclic esters (lactones) is 1. The molecule has 80 valence electrons. The first-order valence-corrected chi connectivity index (χ1v) is 5.47. The molecule has 0 fully saturated rings.